The molecule has 7 nitrogen and oxygen atoms in total. The minimum absolute atomic E-state index is 0.147. The molecular weight excluding hydrogens is 366 g/mol. The Morgan fingerprint density at radius 1 is 1.19 bits per heavy atom. The van der Waals surface area contributed by atoms with Crippen molar-refractivity contribution in [3.63, 3.8) is 0 Å². The molecule has 27 heavy (non-hydrogen) atoms. The molecule has 0 aliphatic heterocycles. The minimum Gasteiger partial charge on any atom is -0.355 e. The van der Waals surface area contributed by atoms with Gasteiger partial charge in [0.15, 0.2) is 11.5 Å². The molecule has 4 rings (SSSR count). The SMILES string of the molecule is O=C(Nc1cnn(Cc2ccccc2)c1)c1cc(-c2ccncc2Cl)on1. The first-order chi connectivity index (χ1) is 13.2. The van der Waals surface area contributed by atoms with E-state index in [1.54, 1.807) is 29.3 Å². The molecule has 0 atom stereocenters. The summed E-state index contributed by atoms with van der Waals surface area (Å²) in [6, 6.07) is 13.2. The lowest BCUT2D eigenvalue weighted by atomic mass is 10.2. The number of pyridine rings is 1. The number of carbonyl (C=O) groups excluding carboxylic acids is 1. The van der Waals surface area contributed by atoms with Crippen LogP contribution in [0.4, 0.5) is 5.69 Å². The van der Waals surface area contributed by atoms with Crippen molar-refractivity contribution in [2.24, 2.45) is 0 Å². The molecule has 0 saturated carbocycles. The molecule has 3 heterocycles. The molecule has 1 amide bonds. The number of carbonyl (C=O) groups is 1. The average molecular weight is 380 g/mol. The van der Waals surface area contributed by atoms with Crippen LogP contribution in [-0.2, 0) is 6.54 Å². The fraction of sp³-hybridized carbons (Fsp3) is 0.0526. The van der Waals surface area contributed by atoms with Gasteiger partial charge in [-0.2, -0.15) is 5.10 Å². The van der Waals surface area contributed by atoms with Gasteiger partial charge in [-0.1, -0.05) is 47.1 Å². The average Bonchev–Trinajstić information content (AvgIpc) is 3.33. The maximum absolute atomic E-state index is 12.4. The molecule has 0 aliphatic rings. The number of nitrogens with one attached hydrogen (secondary N) is 1. The summed E-state index contributed by atoms with van der Waals surface area (Å²) in [5.41, 5.74) is 2.46. The number of halogens is 1. The quantitative estimate of drug-likeness (QED) is 0.568. The highest BCUT2D eigenvalue weighted by molar-refractivity contribution is 6.33. The predicted octanol–water partition coefficient (Wildman–Crippen LogP) is 3.89. The largest absolute Gasteiger partial charge is 0.355 e. The standard InChI is InChI=1S/C19H14ClN5O2/c20-16-10-21-7-6-15(16)18-8-17(24-27-18)19(26)23-14-9-22-25(12-14)11-13-4-2-1-3-5-13/h1-10,12H,11H2,(H,23,26). The van der Waals surface area contributed by atoms with Crippen LogP contribution in [0.3, 0.4) is 0 Å². The number of hydrogen-bond donors (Lipinski definition) is 1. The Kier molecular flexibility index (Phi) is 4.67. The van der Waals surface area contributed by atoms with Crippen LogP contribution in [0.25, 0.3) is 11.3 Å². The van der Waals surface area contributed by atoms with Crippen LogP contribution < -0.4 is 5.32 Å². The Hall–Kier alpha value is -3.45. The number of anilines is 1. The van der Waals surface area contributed by atoms with Gasteiger partial charge in [0.05, 0.1) is 23.5 Å². The summed E-state index contributed by atoms with van der Waals surface area (Å²) in [5.74, 6) is 0.00163. The summed E-state index contributed by atoms with van der Waals surface area (Å²) in [4.78, 5) is 16.3. The first-order valence-electron chi connectivity index (χ1n) is 8.13. The fourth-order valence-corrected chi connectivity index (χ4v) is 2.78. The van der Waals surface area contributed by atoms with Crippen molar-refractivity contribution < 1.29 is 9.32 Å². The van der Waals surface area contributed by atoms with Crippen molar-refractivity contribution in [2.45, 2.75) is 6.54 Å². The molecule has 0 fully saturated rings. The van der Waals surface area contributed by atoms with Gasteiger partial charge in [-0.25, -0.2) is 0 Å². The number of amides is 1. The van der Waals surface area contributed by atoms with Crippen molar-refractivity contribution in [2.75, 3.05) is 5.32 Å². The molecule has 0 unspecified atom stereocenters. The van der Waals surface area contributed by atoms with E-state index in [0.717, 1.165) is 5.56 Å². The van der Waals surface area contributed by atoms with Crippen LogP contribution in [-0.4, -0.2) is 25.8 Å². The molecule has 0 aliphatic carbocycles. The van der Waals surface area contributed by atoms with Gasteiger partial charge in [0.2, 0.25) is 0 Å². The van der Waals surface area contributed by atoms with E-state index in [2.05, 4.69) is 20.6 Å². The minimum atomic E-state index is -0.394. The van der Waals surface area contributed by atoms with E-state index in [1.807, 2.05) is 30.3 Å². The Balaban J connectivity index is 1.45. The van der Waals surface area contributed by atoms with Crippen molar-refractivity contribution in [3.8, 4) is 11.3 Å². The fourth-order valence-electron chi connectivity index (χ4n) is 2.56. The summed E-state index contributed by atoms with van der Waals surface area (Å²) in [5, 5.41) is 11.2. The van der Waals surface area contributed by atoms with Crippen LogP contribution in [0.15, 0.2) is 71.8 Å². The number of hydrogen-bond acceptors (Lipinski definition) is 5. The predicted molar refractivity (Wildman–Crippen MR) is 100 cm³/mol. The zero-order chi connectivity index (χ0) is 18.6. The second-order valence-corrected chi connectivity index (χ2v) is 6.21. The zero-order valence-electron chi connectivity index (χ0n) is 14.0. The first-order valence-corrected chi connectivity index (χ1v) is 8.51. The lowest BCUT2D eigenvalue weighted by molar-refractivity contribution is 0.101. The first kappa shape index (κ1) is 17.0. The third-order valence-electron chi connectivity index (χ3n) is 3.86. The van der Waals surface area contributed by atoms with Crippen LogP contribution in [0, 0.1) is 0 Å². The number of nitrogens with zero attached hydrogens (tertiary/aromatic N) is 4. The second-order valence-electron chi connectivity index (χ2n) is 5.80. The van der Waals surface area contributed by atoms with E-state index in [4.69, 9.17) is 16.1 Å². The van der Waals surface area contributed by atoms with Gasteiger partial charge in [0.1, 0.15) is 0 Å². The highest BCUT2D eigenvalue weighted by atomic mass is 35.5. The highest BCUT2D eigenvalue weighted by Gasteiger charge is 2.16. The Morgan fingerprint density at radius 3 is 2.85 bits per heavy atom. The molecule has 0 saturated heterocycles. The van der Waals surface area contributed by atoms with Crippen LogP contribution in [0.1, 0.15) is 16.1 Å². The van der Waals surface area contributed by atoms with E-state index in [1.165, 1.54) is 12.3 Å². The summed E-state index contributed by atoms with van der Waals surface area (Å²) >= 11 is 6.08. The molecule has 3 aromatic heterocycles. The van der Waals surface area contributed by atoms with E-state index >= 15 is 0 Å². The normalized spacial score (nSPS) is 10.7. The Labute approximate surface area is 159 Å². The third kappa shape index (κ3) is 3.88. The van der Waals surface area contributed by atoms with Crippen LogP contribution in [0.5, 0.6) is 0 Å². The van der Waals surface area contributed by atoms with Crippen molar-refractivity contribution in [1.82, 2.24) is 19.9 Å². The number of rotatable bonds is 5. The van der Waals surface area contributed by atoms with Crippen molar-refractivity contribution >= 4 is 23.2 Å². The van der Waals surface area contributed by atoms with E-state index in [9.17, 15) is 4.79 Å². The number of benzene rings is 1. The molecule has 0 spiro atoms. The van der Waals surface area contributed by atoms with E-state index in [-0.39, 0.29) is 5.69 Å². The van der Waals surface area contributed by atoms with Gasteiger partial charge < -0.3 is 9.84 Å². The monoisotopic (exact) mass is 379 g/mol. The third-order valence-corrected chi connectivity index (χ3v) is 4.16. The molecule has 1 N–H and O–H groups in total. The zero-order valence-corrected chi connectivity index (χ0v) is 14.8. The van der Waals surface area contributed by atoms with Crippen LogP contribution >= 0.6 is 11.6 Å². The van der Waals surface area contributed by atoms with Crippen molar-refractivity contribution in [1.29, 1.82) is 0 Å². The smallest absolute Gasteiger partial charge is 0.277 e. The Bertz CT molecular complexity index is 1070. The lowest BCUT2D eigenvalue weighted by Gasteiger charge is -2.01. The van der Waals surface area contributed by atoms with Crippen LogP contribution in [0.2, 0.25) is 5.02 Å². The summed E-state index contributed by atoms with van der Waals surface area (Å²) in [6.45, 7) is 0.616. The summed E-state index contributed by atoms with van der Waals surface area (Å²) < 4.78 is 6.98. The molecule has 0 bridgehead atoms. The molecule has 4 aromatic rings. The van der Waals surface area contributed by atoms with Crippen molar-refractivity contribution in [3.05, 3.63) is 83.5 Å². The van der Waals surface area contributed by atoms with E-state index < -0.39 is 5.91 Å². The molecular formula is C19H14ClN5O2. The number of aromatic nitrogens is 4. The molecule has 1 aromatic carbocycles. The van der Waals surface area contributed by atoms with E-state index in [0.29, 0.717) is 28.6 Å². The molecule has 8 heteroatoms. The molecule has 0 radical (unpaired) electrons. The van der Waals surface area contributed by atoms with Gasteiger partial charge >= 0.3 is 0 Å². The second kappa shape index (κ2) is 7.43. The summed E-state index contributed by atoms with van der Waals surface area (Å²) in [7, 11) is 0. The Morgan fingerprint density at radius 2 is 2.04 bits per heavy atom. The maximum atomic E-state index is 12.4. The lowest BCUT2D eigenvalue weighted by Crippen LogP contribution is -2.11. The summed E-state index contributed by atoms with van der Waals surface area (Å²) in [6.07, 6.45) is 6.43. The van der Waals surface area contributed by atoms with Gasteiger partial charge in [-0.15, -0.1) is 0 Å². The topological polar surface area (TPSA) is 85.8 Å². The van der Waals surface area contributed by atoms with Gasteiger partial charge in [-0.3, -0.25) is 14.5 Å². The van der Waals surface area contributed by atoms with Gasteiger partial charge in [-0.05, 0) is 11.6 Å². The molecule has 134 valence electrons. The van der Waals surface area contributed by atoms with Gasteiger partial charge in [0, 0.05) is 30.2 Å². The van der Waals surface area contributed by atoms with Gasteiger partial charge in [0.25, 0.3) is 5.91 Å². The maximum Gasteiger partial charge on any atom is 0.277 e. The highest BCUT2D eigenvalue weighted by Crippen LogP contribution is 2.27.